The second-order valence-corrected chi connectivity index (χ2v) is 8.23. The maximum Gasteiger partial charge on any atom is 0.338 e. The summed E-state index contributed by atoms with van der Waals surface area (Å²) in [7, 11) is -0.342. The third-order valence-corrected chi connectivity index (χ3v) is 5.67. The highest BCUT2D eigenvalue weighted by Crippen LogP contribution is 2.27. The first-order valence-corrected chi connectivity index (χ1v) is 9.61. The monoisotopic (exact) mass is 402 g/mol. The summed E-state index contributed by atoms with van der Waals surface area (Å²) in [6.07, 6.45) is 0.708. The van der Waals surface area contributed by atoms with Crippen LogP contribution in [0.15, 0.2) is 23.1 Å². The van der Waals surface area contributed by atoms with Crippen LogP contribution in [0.1, 0.15) is 37.6 Å². The molecule has 0 fully saturated rings. The molecule has 0 aliphatic carbocycles. The first-order valence-electron chi connectivity index (χ1n) is 8.17. The Balaban J connectivity index is 3.00. The fourth-order valence-corrected chi connectivity index (χ4v) is 3.11. The number of carbonyl (C=O) groups excluding carboxylic acids is 2. The Hall–Kier alpha value is -2.17. The van der Waals surface area contributed by atoms with E-state index < -0.39 is 34.0 Å². The van der Waals surface area contributed by atoms with E-state index in [9.17, 15) is 18.0 Å². The van der Waals surface area contributed by atoms with Crippen LogP contribution in [0.2, 0.25) is 0 Å². The molecule has 1 rings (SSSR count). The minimum atomic E-state index is -4.05. The smallest absolute Gasteiger partial charge is 0.338 e. The number of rotatable bonds is 9. The van der Waals surface area contributed by atoms with Crippen molar-refractivity contribution in [2.24, 2.45) is 0 Å². The molecule has 0 aromatic heterocycles. The number of sulfonamides is 1. The summed E-state index contributed by atoms with van der Waals surface area (Å²) in [6, 6.07) is 3.79. The van der Waals surface area contributed by atoms with E-state index in [-0.39, 0.29) is 16.2 Å². The van der Waals surface area contributed by atoms with Crippen LogP contribution in [0.3, 0.4) is 0 Å². The van der Waals surface area contributed by atoms with Gasteiger partial charge in [0.1, 0.15) is 10.6 Å². The van der Waals surface area contributed by atoms with Crippen LogP contribution in [0.5, 0.6) is 5.75 Å². The van der Waals surface area contributed by atoms with Crippen molar-refractivity contribution >= 4 is 21.9 Å². The summed E-state index contributed by atoms with van der Waals surface area (Å²) in [6.45, 7) is 5.14. The van der Waals surface area contributed by atoms with E-state index in [2.05, 4.69) is 5.32 Å². The van der Waals surface area contributed by atoms with Gasteiger partial charge in [0.2, 0.25) is 0 Å². The van der Waals surface area contributed by atoms with Crippen molar-refractivity contribution < 1.29 is 32.3 Å². The summed E-state index contributed by atoms with van der Waals surface area (Å²) in [5, 5.41) is 2.73. The molecule has 1 aromatic carbocycles. The lowest BCUT2D eigenvalue weighted by atomic mass is 10.0. The van der Waals surface area contributed by atoms with Gasteiger partial charge in [-0.3, -0.25) is 9.63 Å². The third-order valence-electron chi connectivity index (χ3n) is 3.97. The first kappa shape index (κ1) is 22.9. The largest absolute Gasteiger partial charge is 0.495 e. The lowest BCUT2D eigenvalue weighted by Crippen LogP contribution is -2.44. The zero-order chi connectivity index (χ0) is 20.8. The molecule has 27 heavy (non-hydrogen) atoms. The van der Waals surface area contributed by atoms with Crippen molar-refractivity contribution in [1.29, 1.82) is 0 Å². The van der Waals surface area contributed by atoms with Gasteiger partial charge in [0.15, 0.2) is 6.61 Å². The molecule has 0 spiro atoms. The molecule has 0 aliphatic heterocycles. The minimum Gasteiger partial charge on any atom is -0.495 e. The number of methoxy groups -OCH3 is 1. The Labute approximate surface area is 159 Å². The Morgan fingerprint density at radius 2 is 1.85 bits per heavy atom. The Morgan fingerprint density at radius 3 is 2.37 bits per heavy atom. The number of hydroxylamine groups is 1. The van der Waals surface area contributed by atoms with E-state index in [1.807, 2.05) is 20.8 Å². The van der Waals surface area contributed by atoms with E-state index >= 15 is 0 Å². The standard InChI is InChI=1S/C17H26N2O7S/c1-7-17(2,3)18-15(20)11-26-16(21)12-8-9-13(24-5)14(10-12)27(22,23)19(4)25-6/h8-10H,7,11H2,1-6H3,(H,18,20). The van der Waals surface area contributed by atoms with Gasteiger partial charge in [-0.15, -0.1) is 0 Å². The van der Waals surface area contributed by atoms with Crippen molar-refractivity contribution in [1.82, 2.24) is 9.79 Å². The minimum absolute atomic E-state index is 0.0397. The first-order chi connectivity index (χ1) is 12.5. The molecule has 0 saturated carbocycles. The van der Waals surface area contributed by atoms with Crippen LogP contribution in [-0.4, -0.2) is 58.2 Å². The molecule has 10 heteroatoms. The number of hydrogen-bond acceptors (Lipinski definition) is 7. The van der Waals surface area contributed by atoms with Gasteiger partial charge >= 0.3 is 5.97 Å². The summed E-state index contributed by atoms with van der Waals surface area (Å²) < 4.78 is 35.6. The maximum atomic E-state index is 12.5. The zero-order valence-corrected chi connectivity index (χ0v) is 17.2. The van der Waals surface area contributed by atoms with E-state index in [1.165, 1.54) is 33.4 Å². The highest BCUT2D eigenvalue weighted by atomic mass is 32.2. The number of benzene rings is 1. The number of hydrogen-bond donors (Lipinski definition) is 1. The summed E-state index contributed by atoms with van der Waals surface area (Å²) in [4.78, 5) is 28.6. The summed E-state index contributed by atoms with van der Waals surface area (Å²) in [5.74, 6) is -1.24. The quantitative estimate of drug-likeness (QED) is 0.490. The maximum absolute atomic E-state index is 12.5. The predicted octanol–water partition coefficient (Wildman–Crippen LogP) is 1.34. The van der Waals surface area contributed by atoms with Crippen molar-refractivity contribution in [2.45, 2.75) is 37.6 Å². The highest BCUT2D eigenvalue weighted by molar-refractivity contribution is 7.89. The second kappa shape index (κ2) is 9.16. The molecule has 0 atom stereocenters. The van der Waals surface area contributed by atoms with E-state index in [0.717, 1.165) is 6.07 Å². The van der Waals surface area contributed by atoms with Gasteiger partial charge in [-0.25, -0.2) is 13.2 Å². The molecular weight excluding hydrogens is 376 g/mol. The van der Waals surface area contributed by atoms with Crippen LogP contribution >= 0.6 is 0 Å². The Kier molecular flexibility index (Phi) is 7.76. The van der Waals surface area contributed by atoms with Crippen LogP contribution in [0, 0.1) is 0 Å². The van der Waals surface area contributed by atoms with Gasteiger partial charge in [-0.05, 0) is 38.5 Å². The van der Waals surface area contributed by atoms with Crippen molar-refractivity contribution in [3.63, 3.8) is 0 Å². The number of esters is 1. The van der Waals surface area contributed by atoms with Crippen molar-refractivity contribution in [3.05, 3.63) is 23.8 Å². The molecule has 1 amide bonds. The van der Waals surface area contributed by atoms with Crippen LogP contribution in [0.4, 0.5) is 0 Å². The fourth-order valence-electron chi connectivity index (χ4n) is 1.96. The second-order valence-electron chi connectivity index (χ2n) is 6.32. The van der Waals surface area contributed by atoms with Gasteiger partial charge < -0.3 is 14.8 Å². The Bertz CT molecular complexity index is 790. The number of nitrogens with zero attached hydrogens (tertiary/aromatic N) is 1. The SMILES string of the molecule is CCC(C)(C)NC(=O)COC(=O)c1ccc(OC)c(S(=O)(=O)N(C)OC)c1. The van der Waals surface area contributed by atoms with Crippen molar-refractivity contribution in [3.8, 4) is 5.75 Å². The molecule has 1 N–H and O–H groups in total. The van der Waals surface area contributed by atoms with Gasteiger partial charge in [-0.1, -0.05) is 11.4 Å². The van der Waals surface area contributed by atoms with E-state index in [0.29, 0.717) is 10.9 Å². The molecule has 0 saturated heterocycles. The van der Waals surface area contributed by atoms with E-state index in [4.69, 9.17) is 14.3 Å². The van der Waals surface area contributed by atoms with Crippen LogP contribution < -0.4 is 10.1 Å². The molecule has 1 aromatic rings. The molecule has 0 heterocycles. The number of ether oxygens (including phenoxy) is 2. The molecule has 0 bridgehead atoms. The van der Waals surface area contributed by atoms with Gasteiger partial charge in [0, 0.05) is 12.6 Å². The average molecular weight is 402 g/mol. The summed E-state index contributed by atoms with van der Waals surface area (Å²) >= 11 is 0. The molecule has 0 aliphatic rings. The predicted molar refractivity (Wildman–Crippen MR) is 97.7 cm³/mol. The third kappa shape index (κ3) is 5.91. The summed E-state index contributed by atoms with van der Waals surface area (Å²) in [5.41, 5.74) is -0.461. The van der Waals surface area contributed by atoms with Crippen LogP contribution in [-0.2, 0) is 24.4 Å². The zero-order valence-electron chi connectivity index (χ0n) is 16.4. The number of nitrogens with one attached hydrogen (secondary N) is 1. The lowest BCUT2D eigenvalue weighted by Gasteiger charge is -2.24. The van der Waals surface area contributed by atoms with Crippen LogP contribution in [0.25, 0.3) is 0 Å². The Morgan fingerprint density at radius 1 is 1.22 bits per heavy atom. The van der Waals surface area contributed by atoms with Gasteiger partial charge in [0.05, 0.1) is 19.8 Å². The molecule has 9 nitrogen and oxygen atoms in total. The molecular formula is C17H26N2O7S. The fraction of sp³-hybridized carbons (Fsp3) is 0.529. The van der Waals surface area contributed by atoms with Gasteiger partial charge in [-0.2, -0.15) is 0 Å². The number of carbonyl (C=O) groups is 2. The van der Waals surface area contributed by atoms with Gasteiger partial charge in [0.25, 0.3) is 15.9 Å². The van der Waals surface area contributed by atoms with E-state index in [1.54, 1.807) is 0 Å². The lowest BCUT2D eigenvalue weighted by molar-refractivity contribution is -0.125. The molecule has 152 valence electrons. The highest BCUT2D eigenvalue weighted by Gasteiger charge is 2.27. The normalized spacial score (nSPS) is 12.0. The average Bonchev–Trinajstić information content (AvgIpc) is 2.64. The molecule has 0 unspecified atom stereocenters. The molecule has 0 radical (unpaired) electrons. The van der Waals surface area contributed by atoms with Crippen molar-refractivity contribution in [2.75, 3.05) is 27.9 Å². The topological polar surface area (TPSA) is 111 Å². The number of amides is 1.